The van der Waals surface area contributed by atoms with Gasteiger partial charge in [0.05, 0.1) is 11.8 Å². The maximum atomic E-state index is 12.2. The Bertz CT molecular complexity index is 1070. The van der Waals surface area contributed by atoms with E-state index in [0.29, 0.717) is 17.2 Å². The van der Waals surface area contributed by atoms with Crippen molar-refractivity contribution in [3.05, 3.63) is 48.0 Å². The predicted molar refractivity (Wildman–Crippen MR) is 91.5 cm³/mol. The van der Waals surface area contributed by atoms with Gasteiger partial charge in [-0.3, -0.25) is 4.68 Å². The molecule has 3 aromatic heterocycles. The Labute approximate surface area is 155 Å². The molecule has 0 saturated carbocycles. The Kier molecular flexibility index (Phi) is 4.30. The van der Waals surface area contributed by atoms with Gasteiger partial charge in [-0.15, -0.1) is 23.4 Å². The number of hydrogen-bond acceptors (Lipinski definition) is 6. The number of fused-ring (bicyclic) bond motifs is 1. The van der Waals surface area contributed by atoms with E-state index < -0.39 is 6.36 Å². The van der Waals surface area contributed by atoms with Gasteiger partial charge in [-0.1, -0.05) is 23.5 Å². The van der Waals surface area contributed by atoms with Crippen LogP contribution >= 0.6 is 11.3 Å². The molecule has 0 bridgehead atoms. The van der Waals surface area contributed by atoms with Crippen LogP contribution in [0.3, 0.4) is 0 Å². The van der Waals surface area contributed by atoms with Crippen molar-refractivity contribution in [1.82, 2.24) is 29.6 Å². The lowest BCUT2D eigenvalue weighted by atomic mass is 10.1. The highest BCUT2D eigenvalue weighted by Crippen LogP contribution is 2.26. The van der Waals surface area contributed by atoms with E-state index in [1.54, 1.807) is 22.8 Å². The molecule has 7 nitrogen and oxygen atoms in total. The number of ether oxygens (including phenoxy) is 1. The van der Waals surface area contributed by atoms with Crippen molar-refractivity contribution in [2.24, 2.45) is 0 Å². The second-order valence-corrected chi connectivity index (χ2v) is 6.63. The molecular formula is C16H13F3N6OS. The monoisotopic (exact) mass is 394 g/mol. The van der Waals surface area contributed by atoms with Gasteiger partial charge in [-0.05, 0) is 24.6 Å². The maximum absolute atomic E-state index is 12.2. The minimum Gasteiger partial charge on any atom is -0.406 e. The predicted octanol–water partition coefficient (Wildman–Crippen LogP) is 3.56. The van der Waals surface area contributed by atoms with E-state index in [9.17, 15) is 13.2 Å². The van der Waals surface area contributed by atoms with Crippen LogP contribution < -0.4 is 4.74 Å². The molecule has 0 spiro atoms. The molecule has 0 amide bonds. The Balaban J connectivity index is 1.55. The fraction of sp³-hybridized carbons (Fsp3) is 0.250. The summed E-state index contributed by atoms with van der Waals surface area (Å²) in [5.74, 6) is 0.335. The van der Waals surface area contributed by atoms with E-state index in [4.69, 9.17) is 0 Å². The van der Waals surface area contributed by atoms with Crippen LogP contribution in [0.25, 0.3) is 15.5 Å². The molecular weight excluding hydrogens is 381 g/mol. The Morgan fingerprint density at radius 3 is 2.59 bits per heavy atom. The minimum atomic E-state index is -4.71. The first-order chi connectivity index (χ1) is 12.9. The van der Waals surface area contributed by atoms with E-state index in [0.717, 1.165) is 22.7 Å². The Hall–Kier alpha value is -2.95. The Morgan fingerprint density at radius 1 is 1.15 bits per heavy atom. The highest BCUT2D eigenvalue weighted by molar-refractivity contribution is 7.19. The molecule has 3 heterocycles. The summed E-state index contributed by atoms with van der Waals surface area (Å²) in [6.07, 6.45) is -0.673. The zero-order chi connectivity index (χ0) is 19.0. The first kappa shape index (κ1) is 17.5. The van der Waals surface area contributed by atoms with Crippen LogP contribution in [-0.2, 0) is 13.0 Å². The molecule has 0 atom stereocenters. The lowest BCUT2D eigenvalue weighted by Gasteiger charge is -2.08. The maximum Gasteiger partial charge on any atom is 0.573 e. The zero-order valence-electron chi connectivity index (χ0n) is 14.0. The third-order valence-electron chi connectivity index (χ3n) is 3.78. The van der Waals surface area contributed by atoms with E-state index in [-0.39, 0.29) is 5.75 Å². The summed E-state index contributed by atoms with van der Waals surface area (Å²) >= 11 is 1.39. The molecule has 27 heavy (non-hydrogen) atoms. The van der Waals surface area contributed by atoms with Crippen molar-refractivity contribution < 1.29 is 17.9 Å². The Morgan fingerprint density at radius 2 is 1.93 bits per heavy atom. The highest BCUT2D eigenvalue weighted by atomic mass is 32.1. The van der Waals surface area contributed by atoms with Gasteiger partial charge in [-0.25, -0.2) is 0 Å². The largest absolute Gasteiger partial charge is 0.573 e. The van der Waals surface area contributed by atoms with Crippen molar-refractivity contribution in [1.29, 1.82) is 0 Å². The van der Waals surface area contributed by atoms with Gasteiger partial charge in [0, 0.05) is 19.2 Å². The van der Waals surface area contributed by atoms with Crippen LogP contribution in [0.4, 0.5) is 13.2 Å². The number of aryl methyl sites for hydroxylation is 1. The molecule has 4 aromatic rings. The number of alkyl halides is 3. The van der Waals surface area contributed by atoms with Crippen molar-refractivity contribution in [3.63, 3.8) is 0 Å². The molecule has 0 saturated heterocycles. The number of hydrogen-bond donors (Lipinski definition) is 0. The van der Waals surface area contributed by atoms with Gasteiger partial charge < -0.3 is 4.74 Å². The van der Waals surface area contributed by atoms with E-state index in [2.05, 4.69) is 25.1 Å². The molecule has 0 fully saturated rings. The summed E-state index contributed by atoms with van der Waals surface area (Å²) in [4.78, 5) is 0.640. The van der Waals surface area contributed by atoms with Gasteiger partial charge in [0.1, 0.15) is 5.75 Å². The highest BCUT2D eigenvalue weighted by Gasteiger charge is 2.31. The van der Waals surface area contributed by atoms with Crippen LogP contribution in [0.5, 0.6) is 5.75 Å². The van der Waals surface area contributed by atoms with Crippen LogP contribution in [0.2, 0.25) is 0 Å². The van der Waals surface area contributed by atoms with Crippen molar-refractivity contribution in [2.75, 3.05) is 0 Å². The summed E-state index contributed by atoms with van der Waals surface area (Å²) in [5, 5.41) is 17.8. The summed E-state index contributed by atoms with van der Waals surface area (Å²) in [5.41, 5.74) is 1.67. The minimum absolute atomic E-state index is 0.262. The summed E-state index contributed by atoms with van der Waals surface area (Å²) in [7, 11) is 0. The standard InChI is InChI=1S/C16H13F3N6OS/c1-2-24-9-11(8-20-24)14-23-25-13(21-22-15(25)27-14)7-10-3-5-12(6-4-10)26-16(17,18)19/h3-6,8-9H,2,7H2,1H3. The number of benzene rings is 1. The van der Waals surface area contributed by atoms with Crippen molar-refractivity contribution in [2.45, 2.75) is 26.3 Å². The lowest BCUT2D eigenvalue weighted by Crippen LogP contribution is -2.17. The number of aromatic nitrogens is 6. The summed E-state index contributed by atoms with van der Waals surface area (Å²) < 4.78 is 44.0. The van der Waals surface area contributed by atoms with E-state index in [1.165, 1.54) is 23.5 Å². The van der Waals surface area contributed by atoms with Gasteiger partial charge in [0.25, 0.3) is 0 Å². The molecule has 11 heteroatoms. The van der Waals surface area contributed by atoms with E-state index >= 15 is 0 Å². The molecule has 0 aliphatic rings. The van der Waals surface area contributed by atoms with Crippen molar-refractivity contribution >= 4 is 16.3 Å². The van der Waals surface area contributed by atoms with Crippen LogP contribution in [0, 0.1) is 0 Å². The number of rotatable bonds is 5. The first-order valence-corrected chi connectivity index (χ1v) is 8.81. The lowest BCUT2D eigenvalue weighted by molar-refractivity contribution is -0.274. The first-order valence-electron chi connectivity index (χ1n) is 8.00. The van der Waals surface area contributed by atoms with Crippen LogP contribution in [0.15, 0.2) is 36.7 Å². The molecule has 4 rings (SSSR count). The third kappa shape index (κ3) is 3.77. The molecule has 0 unspecified atom stereocenters. The normalized spacial score (nSPS) is 12.0. The quantitative estimate of drug-likeness (QED) is 0.518. The van der Waals surface area contributed by atoms with Gasteiger partial charge in [0.2, 0.25) is 4.96 Å². The van der Waals surface area contributed by atoms with Gasteiger partial charge in [0.15, 0.2) is 10.8 Å². The van der Waals surface area contributed by atoms with Gasteiger partial charge in [-0.2, -0.15) is 14.7 Å². The smallest absolute Gasteiger partial charge is 0.406 e. The molecule has 0 aliphatic carbocycles. The average molecular weight is 394 g/mol. The van der Waals surface area contributed by atoms with Gasteiger partial charge >= 0.3 is 6.36 Å². The number of nitrogens with zero attached hydrogens (tertiary/aromatic N) is 6. The second-order valence-electron chi connectivity index (χ2n) is 5.67. The second kappa shape index (κ2) is 6.65. The van der Waals surface area contributed by atoms with Crippen LogP contribution in [0.1, 0.15) is 18.3 Å². The fourth-order valence-corrected chi connectivity index (χ4v) is 3.36. The molecule has 1 aromatic carbocycles. The molecule has 0 radical (unpaired) electrons. The summed E-state index contributed by atoms with van der Waals surface area (Å²) in [6.45, 7) is 2.77. The third-order valence-corrected chi connectivity index (χ3v) is 4.73. The fourth-order valence-electron chi connectivity index (χ4n) is 2.52. The average Bonchev–Trinajstić information content (AvgIpc) is 3.31. The van der Waals surface area contributed by atoms with E-state index in [1.807, 2.05) is 17.8 Å². The summed E-state index contributed by atoms with van der Waals surface area (Å²) in [6, 6.07) is 5.65. The zero-order valence-corrected chi connectivity index (χ0v) is 14.8. The van der Waals surface area contributed by atoms with Crippen molar-refractivity contribution in [3.8, 4) is 16.3 Å². The van der Waals surface area contributed by atoms with Crippen LogP contribution in [-0.4, -0.2) is 36.0 Å². The SMILES string of the molecule is CCn1cc(-c2nn3c(Cc4ccc(OC(F)(F)F)cc4)nnc3s2)cn1. The molecule has 0 aliphatic heterocycles. The number of halogens is 3. The topological polar surface area (TPSA) is 70.1 Å². The molecule has 140 valence electrons. The molecule has 0 N–H and O–H groups in total.